The first-order valence-corrected chi connectivity index (χ1v) is 16.2. The third-order valence-electron chi connectivity index (χ3n) is 8.75. The van der Waals surface area contributed by atoms with E-state index in [9.17, 15) is 4.79 Å². The predicted molar refractivity (Wildman–Crippen MR) is 189 cm³/mol. The Hall–Kier alpha value is -5.50. The Balaban J connectivity index is 1.35. The van der Waals surface area contributed by atoms with Crippen LogP contribution in [0.15, 0.2) is 103 Å². The molecule has 1 atom stereocenters. The van der Waals surface area contributed by atoms with Crippen molar-refractivity contribution in [1.82, 2.24) is 9.88 Å². The smallest absolute Gasteiger partial charge is 0.258 e. The van der Waals surface area contributed by atoms with Crippen LogP contribution in [0.4, 0.5) is 5.82 Å². The van der Waals surface area contributed by atoms with Gasteiger partial charge >= 0.3 is 0 Å². The number of rotatable bonds is 11. The molecule has 8 heteroatoms. The van der Waals surface area contributed by atoms with Gasteiger partial charge in [-0.2, -0.15) is 0 Å². The lowest BCUT2D eigenvalue weighted by Gasteiger charge is -2.36. The van der Waals surface area contributed by atoms with Crippen molar-refractivity contribution in [2.45, 2.75) is 38.8 Å². The van der Waals surface area contributed by atoms with Gasteiger partial charge in [-0.25, -0.2) is 4.98 Å². The van der Waals surface area contributed by atoms with Gasteiger partial charge in [0.1, 0.15) is 19.0 Å². The molecule has 3 aromatic carbocycles. The molecule has 0 radical (unpaired) electrons. The van der Waals surface area contributed by atoms with Crippen molar-refractivity contribution < 1.29 is 23.7 Å². The van der Waals surface area contributed by atoms with Gasteiger partial charge in [0.25, 0.3) is 5.91 Å². The summed E-state index contributed by atoms with van der Waals surface area (Å²) in [5.74, 6) is 2.60. The lowest BCUT2D eigenvalue weighted by molar-refractivity contribution is 0.0701. The second-order valence-electron chi connectivity index (χ2n) is 11.9. The van der Waals surface area contributed by atoms with Crippen LogP contribution >= 0.6 is 0 Å². The van der Waals surface area contributed by atoms with Crippen LogP contribution < -0.4 is 24.7 Å². The summed E-state index contributed by atoms with van der Waals surface area (Å²) in [7, 11) is 3.28. The van der Waals surface area contributed by atoms with Crippen LogP contribution in [0.5, 0.6) is 23.0 Å². The minimum absolute atomic E-state index is 0.187. The summed E-state index contributed by atoms with van der Waals surface area (Å²) in [6, 6.07) is 21.1. The van der Waals surface area contributed by atoms with Crippen LogP contribution in [-0.2, 0) is 13.0 Å². The number of nitrogens with zero attached hydrogens (tertiary/aromatic N) is 2. The van der Waals surface area contributed by atoms with Crippen molar-refractivity contribution in [2.75, 3.05) is 33.1 Å². The molecule has 0 saturated heterocycles. The maximum Gasteiger partial charge on any atom is 0.258 e. The number of ether oxygens (including phenoxy) is 4. The Morgan fingerprint density at radius 3 is 2.46 bits per heavy atom. The largest absolute Gasteiger partial charge is 0.493 e. The molecule has 1 aliphatic carbocycles. The minimum atomic E-state index is -0.415. The van der Waals surface area contributed by atoms with E-state index in [4.69, 9.17) is 24.7 Å². The van der Waals surface area contributed by atoms with Crippen molar-refractivity contribution in [3.05, 3.63) is 136 Å². The SMILES string of the molecule is COc1cc(C)c(/C=C/C2c3cc(OC)c(OCc4ccccc4)cc3CCN2C(=O)c2cccnc2N)cc1OCC1=CCCC=C1. The van der Waals surface area contributed by atoms with Gasteiger partial charge in [0, 0.05) is 12.7 Å². The zero-order valence-corrected chi connectivity index (χ0v) is 27.6. The van der Waals surface area contributed by atoms with E-state index >= 15 is 0 Å². The Morgan fingerprint density at radius 1 is 0.938 bits per heavy atom. The van der Waals surface area contributed by atoms with Gasteiger partial charge in [0.2, 0.25) is 0 Å². The van der Waals surface area contributed by atoms with Gasteiger partial charge in [0.15, 0.2) is 23.0 Å². The Labute approximate surface area is 282 Å². The summed E-state index contributed by atoms with van der Waals surface area (Å²) >= 11 is 0. The zero-order chi connectivity index (χ0) is 33.5. The highest BCUT2D eigenvalue weighted by Gasteiger charge is 2.32. The number of methoxy groups -OCH3 is 2. The molecule has 0 bridgehead atoms. The fourth-order valence-electron chi connectivity index (χ4n) is 6.11. The fourth-order valence-corrected chi connectivity index (χ4v) is 6.11. The van der Waals surface area contributed by atoms with E-state index in [0.717, 1.165) is 46.2 Å². The molecule has 1 unspecified atom stereocenters. The number of amides is 1. The van der Waals surface area contributed by atoms with Gasteiger partial charge in [-0.1, -0.05) is 60.7 Å². The summed E-state index contributed by atoms with van der Waals surface area (Å²) in [4.78, 5) is 20.1. The van der Waals surface area contributed by atoms with Crippen LogP contribution in [-0.4, -0.2) is 43.2 Å². The third kappa shape index (κ3) is 7.23. The van der Waals surface area contributed by atoms with Crippen molar-refractivity contribution in [3.8, 4) is 23.0 Å². The van der Waals surface area contributed by atoms with Gasteiger partial charge in [-0.05, 0) is 96.0 Å². The molecular formula is C40H41N3O5. The molecule has 6 rings (SSSR count). The highest BCUT2D eigenvalue weighted by atomic mass is 16.5. The molecule has 0 spiro atoms. The molecule has 0 fully saturated rings. The summed E-state index contributed by atoms with van der Waals surface area (Å²) in [5.41, 5.74) is 12.8. The van der Waals surface area contributed by atoms with Crippen LogP contribution in [0.25, 0.3) is 6.08 Å². The number of pyridine rings is 1. The van der Waals surface area contributed by atoms with Crippen LogP contribution in [0.1, 0.15) is 57.1 Å². The highest BCUT2D eigenvalue weighted by molar-refractivity contribution is 5.98. The number of nitrogen functional groups attached to an aromatic ring is 1. The van der Waals surface area contributed by atoms with Crippen molar-refractivity contribution >= 4 is 17.8 Å². The van der Waals surface area contributed by atoms with Crippen molar-refractivity contribution in [3.63, 3.8) is 0 Å². The van der Waals surface area contributed by atoms with E-state index in [1.807, 2.05) is 72.5 Å². The second-order valence-corrected chi connectivity index (χ2v) is 11.9. The summed E-state index contributed by atoms with van der Waals surface area (Å²) < 4.78 is 24.0. The first-order valence-electron chi connectivity index (χ1n) is 16.2. The number of carbonyl (C=O) groups is 1. The van der Waals surface area contributed by atoms with Gasteiger partial charge in [-0.3, -0.25) is 4.79 Å². The maximum atomic E-state index is 14.0. The summed E-state index contributed by atoms with van der Waals surface area (Å²) in [5, 5.41) is 0. The minimum Gasteiger partial charge on any atom is -0.493 e. The molecule has 2 N–H and O–H groups in total. The fraction of sp³-hybridized carbons (Fsp3) is 0.250. The molecule has 1 amide bonds. The monoisotopic (exact) mass is 643 g/mol. The van der Waals surface area contributed by atoms with Gasteiger partial charge in [-0.15, -0.1) is 0 Å². The van der Waals surface area contributed by atoms with Crippen LogP contribution in [0.2, 0.25) is 0 Å². The molecule has 8 nitrogen and oxygen atoms in total. The Kier molecular flexibility index (Phi) is 10.1. The highest BCUT2D eigenvalue weighted by Crippen LogP contribution is 2.41. The second kappa shape index (κ2) is 14.9. The first kappa shape index (κ1) is 32.4. The lowest BCUT2D eigenvalue weighted by atomic mass is 9.90. The number of anilines is 1. The summed E-state index contributed by atoms with van der Waals surface area (Å²) in [6.07, 6.45) is 14.9. The van der Waals surface area contributed by atoms with E-state index in [0.29, 0.717) is 54.7 Å². The van der Waals surface area contributed by atoms with E-state index in [1.165, 1.54) is 0 Å². The third-order valence-corrected chi connectivity index (χ3v) is 8.75. The lowest BCUT2D eigenvalue weighted by Crippen LogP contribution is -2.39. The zero-order valence-electron chi connectivity index (χ0n) is 27.6. The Morgan fingerprint density at radius 2 is 1.71 bits per heavy atom. The molecule has 48 heavy (non-hydrogen) atoms. The number of hydrogen-bond donors (Lipinski definition) is 1. The molecule has 1 aromatic heterocycles. The van der Waals surface area contributed by atoms with Gasteiger partial charge < -0.3 is 29.6 Å². The number of hydrogen-bond acceptors (Lipinski definition) is 7. The molecule has 246 valence electrons. The molecule has 2 aliphatic rings. The number of fused-ring (bicyclic) bond motifs is 1. The standard InChI is InChI=1S/C40H41N3O5/c1-27-21-35(45-2)37(47-25-28-11-6-4-7-12-28)22-30(27)16-17-34-33-24-36(46-3)38(48-26-29-13-8-5-9-14-29)23-31(33)18-20-43(34)40(44)32-15-10-19-42-39(32)41/h5-6,8-17,19,21-24,34H,4,7,18,20,25-26H2,1-3H3,(H2,41,42)/b17-16+. The van der Waals surface area contributed by atoms with Crippen molar-refractivity contribution in [2.24, 2.45) is 0 Å². The normalized spacial score (nSPS) is 15.5. The number of allylic oxidation sites excluding steroid dienone is 2. The number of benzene rings is 3. The topological polar surface area (TPSA) is 96.1 Å². The predicted octanol–water partition coefficient (Wildman–Crippen LogP) is 7.68. The summed E-state index contributed by atoms with van der Waals surface area (Å²) in [6.45, 7) is 3.39. The van der Waals surface area contributed by atoms with E-state index in [1.54, 1.807) is 32.5 Å². The average molecular weight is 644 g/mol. The van der Waals surface area contributed by atoms with E-state index < -0.39 is 6.04 Å². The number of aromatic nitrogens is 1. The Bertz CT molecular complexity index is 1860. The van der Waals surface area contributed by atoms with Gasteiger partial charge in [0.05, 0.1) is 25.8 Å². The maximum absolute atomic E-state index is 14.0. The molecule has 4 aromatic rings. The molecule has 1 aliphatic heterocycles. The first-order chi connectivity index (χ1) is 23.4. The average Bonchev–Trinajstić information content (AvgIpc) is 3.13. The van der Waals surface area contributed by atoms with Crippen LogP contribution in [0.3, 0.4) is 0 Å². The van der Waals surface area contributed by atoms with Crippen LogP contribution in [0, 0.1) is 6.92 Å². The molecule has 2 heterocycles. The number of aryl methyl sites for hydroxylation is 1. The molecular weight excluding hydrogens is 602 g/mol. The van der Waals surface area contributed by atoms with E-state index in [-0.39, 0.29) is 11.7 Å². The number of carbonyl (C=O) groups excluding carboxylic acids is 1. The van der Waals surface area contributed by atoms with E-state index in [2.05, 4.69) is 29.3 Å². The molecule has 0 saturated carbocycles. The quantitative estimate of drug-likeness (QED) is 0.179. The van der Waals surface area contributed by atoms with Crippen molar-refractivity contribution in [1.29, 1.82) is 0 Å². The number of nitrogens with two attached hydrogens (primary N) is 1.